The number of aryl methyl sites for hydroxylation is 1. The average Bonchev–Trinajstić information content (AvgIpc) is 3.23. The number of aromatic nitrogens is 1. The number of hydrogen-bond acceptors (Lipinski definition) is 5. The van der Waals surface area contributed by atoms with Gasteiger partial charge in [-0.25, -0.2) is 0 Å². The number of nitrogens with zero attached hydrogens (tertiary/aromatic N) is 1. The number of nitrogens with two attached hydrogens (primary N) is 2. The first-order chi connectivity index (χ1) is 16.2. The molecule has 1 heterocycles. The second kappa shape index (κ2) is 16.5. The van der Waals surface area contributed by atoms with E-state index in [4.69, 9.17) is 47.6 Å². The van der Waals surface area contributed by atoms with Crippen molar-refractivity contribution in [2.45, 2.75) is 13.0 Å². The van der Waals surface area contributed by atoms with E-state index in [0.29, 0.717) is 29.4 Å². The van der Waals surface area contributed by atoms with Crippen molar-refractivity contribution in [1.82, 2.24) is 4.57 Å². The molecule has 36 heavy (non-hydrogen) atoms. The van der Waals surface area contributed by atoms with Gasteiger partial charge >= 0.3 is 48.4 Å². The summed E-state index contributed by atoms with van der Waals surface area (Å²) in [6.45, 7) is 0.385. The van der Waals surface area contributed by atoms with E-state index in [1.165, 1.54) is 27.4 Å². The average molecular weight is 743 g/mol. The summed E-state index contributed by atoms with van der Waals surface area (Å²) in [5, 5.41) is 9.85. The van der Waals surface area contributed by atoms with E-state index >= 15 is 0 Å². The van der Waals surface area contributed by atoms with Gasteiger partial charge in [0.1, 0.15) is 0 Å². The molecule has 0 saturated heterocycles. The van der Waals surface area contributed by atoms with Crippen LogP contribution in [-0.2, 0) is 25.5 Å². The Morgan fingerprint density at radius 2 is 1.58 bits per heavy atom. The van der Waals surface area contributed by atoms with Gasteiger partial charge in [-0.15, -0.1) is 0 Å². The molecule has 0 amide bonds. The summed E-state index contributed by atoms with van der Waals surface area (Å²) in [4.78, 5) is 23.6. The number of ketones is 1. The molecule has 0 aliphatic rings. The molecule has 9 nitrogen and oxygen atoms in total. The fourth-order valence-electron chi connectivity index (χ4n) is 3.29. The second-order valence-electron chi connectivity index (χ2n) is 6.68. The van der Waals surface area contributed by atoms with Gasteiger partial charge in [0.05, 0.1) is 27.8 Å². The summed E-state index contributed by atoms with van der Waals surface area (Å²) in [6.07, 6.45) is 5.13. The van der Waals surface area contributed by atoms with Crippen molar-refractivity contribution in [2.75, 3.05) is 21.3 Å². The molecule has 203 valence electrons. The van der Waals surface area contributed by atoms with E-state index in [9.17, 15) is 9.59 Å². The van der Waals surface area contributed by atoms with Gasteiger partial charge < -0.3 is 36.2 Å². The number of carbonyl (C=O) groups is 2. The van der Waals surface area contributed by atoms with Crippen LogP contribution in [0.3, 0.4) is 0 Å². The van der Waals surface area contributed by atoms with Gasteiger partial charge in [0, 0.05) is 29.2 Å². The fourth-order valence-corrected chi connectivity index (χ4v) is 3.29. The molecule has 5 N–H and O–H groups in total. The summed E-state index contributed by atoms with van der Waals surface area (Å²) < 4.78 is 17.8. The molecule has 13 heteroatoms. The van der Waals surface area contributed by atoms with Crippen LogP contribution < -0.4 is 14.2 Å². The summed E-state index contributed by atoms with van der Waals surface area (Å²) in [6, 6.07) is 10.8. The number of halogens is 3. The second-order valence-corrected chi connectivity index (χ2v) is 16.5. The predicted molar refractivity (Wildman–Crippen MR) is 142 cm³/mol. The van der Waals surface area contributed by atoms with Crippen LogP contribution >= 0.6 is 28.3 Å². The minimum atomic E-state index is -1.85. The van der Waals surface area contributed by atoms with Crippen LogP contribution in [0, 0.1) is 0 Å². The number of fused-ring (bicyclic) bond motifs is 1. The molecule has 0 radical (unpaired) electrons. The molecule has 1 aromatic heterocycles. The van der Waals surface area contributed by atoms with Crippen LogP contribution in [0.1, 0.15) is 22.3 Å². The zero-order valence-electron chi connectivity index (χ0n) is 19.7. The van der Waals surface area contributed by atoms with E-state index in [0.717, 1.165) is 16.5 Å². The monoisotopic (exact) mass is 741 g/mol. The number of carbonyl (C=O) groups excluding carboxylic acids is 1. The maximum atomic E-state index is 12.8. The van der Waals surface area contributed by atoms with Crippen LogP contribution in [0.15, 0.2) is 48.7 Å². The Morgan fingerprint density at radius 3 is 2.08 bits per heavy atom. The Balaban J connectivity index is 0.00000190. The molecule has 2 aromatic carbocycles. The van der Waals surface area contributed by atoms with E-state index in [1.54, 1.807) is 18.2 Å². The van der Waals surface area contributed by atoms with Crippen LogP contribution in [0.2, 0.25) is 0 Å². The Kier molecular flexibility index (Phi) is 15.4. The first-order valence-corrected chi connectivity index (χ1v) is 18.1. The first kappa shape index (κ1) is 33.7. The summed E-state index contributed by atoms with van der Waals surface area (Å²) in [5.41, 5.74) is 2.19. The normalized spacial score (nSPS) is 10.4. The largest absolute Gasteiger partial charge is 0.693 e. The van der Waals surface area contributed by atoms with Gasteiger partial charge in [-0.05, 0) is 35.9 Å². The Labute approximate surface area is 227 Å². The molecule has 0 aliphatic carbocycles. The number of benzene rings is 2. The molecule has 0 fully saturated rings. The molecule has 3 aromatic rings. The number of rotatable bonds is 9. The number of methoxy groups -OCH3 is 3. The van der Waals surface area contributed by atoms with E-state index in [1.807, 2.05) is 35.0 Å². The van der Waals surface area contributed by atoms with Gasteiger partial charge in [0.15, 0.2) is 17.3 Å². The van der Waals surface area contributed by atoms with Gasteiger partial charge in [-0.1, -0.05) is 18.2 Å². The van der Waals surface area contributed by atoms with Crippen molar-refractivity contribution >= 4 is 57.0 Å². The van der Waals surface area contributed by atoms with Crippen molar-refractivity contribution in [3.8, 4) is 17.2 Å². The fraction of sp³-hybridized carbons (Fsp3) is 0.217. The minimum Gasteiger partial charge on any atom is -0.693 e. The Morgan fingerprint density at radius 1 is 1.00 bits per heavy atom. The number of carboxylic acid groups (broad SMARTS) is 1. The van der Waals surface area contributed by atoms with Crippen LogP contribution in [0.5, 0.6) is 17.2 Å². The van der Waals surface area contributed by atoms with Crippen molar-refractivity contribution in [1.29, 1.82) is 0 Å². The molecule has 3 rings (SSSR count). The van der Waals surface area contributed by atoms with E-state index < -0.39 is 20.2 Å². The number of carboxylic acids is 1. The van der Waals surface area contributed by atoms with Crippen LogP contribution in [-0.4, -0.2) is 42.8 Å². The SMILES string of the molecule is COc1cc(C(=O)/C=C/c2cccc3c2ccn3CCC(=O)O)cc(OC)c1OC.[Cl][Pt]([Cl])[Cl].[NH2-].[NH2-]. The van der Waals surface area contributed by atoms with Gasteiger partial charge in [-0.3, -0.25) is 9.59 Å². The zero-order valence-corrected chi connectivity index (χ0v) is 24.2. The van der Waals surface area contributed by atoms with Crippen molar-refractivity contribution < 1.29 is 43.1 Å². The summed E-state index contributed by atoms with van der Waals surface area (Å²) in [5.74, 6) is 0.186. The quantitative estimate of drug-likeness (QED) is 0.177. The molecule has 0 unspecified atom stereocenters. The van der Waals surface area contributed by atoms with Crippen molar-refractivity contribution in [3.63, 3.8) is 0 Å². The maximum Gasteiger partial charge on any atom is -0.693 e. The Hall–Kier alpha value is -2.26. The summed E-state index contributed by atoms with van der Waals surface area (Å²) >= 11 is -1.85. The van der Waals surface area contributed by atoms with Gasteiger partial charge in [-0.2, -0.15) is 0 Å². The number of hydrogen-bond donors (Lipinski definition) is 1. The third kappa shape index (κ3) is 9.32. The molecular weight excluding hydrogens is 716 g/mol. The third-order valence-corrected chi connectivity index (χ3v) is 4.78. The molecular formula is C23H27Cl3N3O6Pt-2. The smallest absolute Gasteiger partial charge is 0.693 e. The zero-order chi connectivity index (χ0) is 25.3. The van der Waals surface area contributed by atoms with Gasteiger partial charge in [0.25, 0.3) is 0 Å². The van der Waals surface area contributed by atoms with Crippen molar-refractivity contribution in [2.24, 2.45) is 0 Å². The van der Waals surface area contributed by atoms with E-state index in [2.05, 4.69) is 0 Å². The van der Waals surface area contributed by atoms with Crippen molar-refractivity contribution in [3.05, 3.63) is 72.1 Å². The van der Waals surface area contributed by atoms with E-state index in [-0.39, 0.29) is 24.5 Å². The minimum absolute atomic E-state index is 0. The number of allylic oxidation sites excluding steroid dienone is 1. The Bertz CT molecular complexity index is 1160. The number of aliphatic carboxylic acids is 1. The van der Waals surface area contributed by atoms with Gasteiger partial charge in [0.2, 0.25) is 5.75 Å². The topological polar surface area (TPSA) is 154 Å². The summed E-state index contributed by atoms with van der Waals surface area (Å²) in [7, 11) is 19.4. The maximum absolute atomic E-state index is 12.8. The van der Waals surface area contributed by atoms with Crippen LogP contribution in [0.25, 0.3) is 29.3 Å². The number of ether oxygens (including phenoxy) is 3. The molecule has 0 atom stereocenters. The standard InChI is InChI=1S/C23H23NO6.3ClH.2H2N.Pt/c1-28-20-13-16(14-21(29-2)23(20)30-3)19(25)8-7-15-5-4-6-18-17(15)9-11-24(18)12-10-22(26)27;;;;;;/h4-9,11,13-14H,10,12H2,1-3H3,(H,26,27);3*1H;2*1H2;/q;;;;2*-1;+3/p-3/b8-7+;;;;;;. The molecule has 0 saturated carbocycles. The molecule has 0 aliphatic heterocycles. The first-order valence-electron chi connectivity index (χ1n) is 9.66. The molecule has 0 spiro atoms. The predicted octanol–water partition coefficient (Wildman–Crippen LogP) is 7.54. The molecule has 0 bridgehead atoms. The third-order valence-electron chi connectivity index (χ3n) is 4.78. The van der Waals surface area contributed by atoms with Crippen LogP contribution in [0.4, 0.5) is 0 Å².